The Labute approximate surface area is 109 Å². The second kappa shape index (κ2) is 4.82. The maximum absolute atomic E-state index is 6.03. The lowest BCUT2D eigenvalue weighted by atomic mass is 10.2. The normalized spacial score (nSPS) is 11.2. The Morgan fingerprint density at radius 1 is 1.29 bits per heavy atom. The van der Waals surface area contributed by atoms with E-state index in [-0.39, 0.29) is 0 Å². The van der Waals surface area contributed by atoms with Crippen molar-refractivity contribution in [3.8, 4) is 0 Å². The molecule has 0 saturated carbocycles. The fourth-order valence-corrected chi connectivity index (χ4v) is 1.79. The predicted octanol–water partition coefficient (Wildman–Crippen LogP) is 4.04. The van der Waals surface area contributed by atoms with Gasteiger partial charge in [-0.05, 0) is 36.8 Å². The molecule has 0 unspecified atom stereocenters. The van der Waals surface area contributed by atoms with Gasteiger partial charge >= 0.3 is 0 Å². The highest BCUT2D eigenvalue weighted by Crippen LogP contribution is 2.24. The first-order valence-electron chi connectivity index (χ1n) is 4.93. The molecule has 0 aliphatic rings. The van der Waals surface area contributed by atoms with Crippen molar-refractivity contribution >= 4 is 41.0 Å². The highest BCUT2D eigenvalue weighted by atomic mass is 35.5. The number of anilines is 1. The largest absolute Gasteiger partial charge is 0.394 e. The van der Waals surface area contributed by atoms with E-state index in [0.717, 1.165) is 5.56 Å². The molecule has 2 rings (SSSR count). The molecule has 1 heterocycles. The van der Waals surface area contributed by atoms with Crippen LogP contribution in [0, 0.1) is 6.92 Å². The average Bonchev–Trinajstić information content (AvgIpc) is 2.59. The molecule has 0 amide bonds. The van der Waals surface area contributed by atoms with Gasteiger partial charge in [-0.2, -0.15) is 0 Å². The van der Waals surface area contributed by atoms with E-state index >= 15 is 0 Å². The van der Waals surface area contributed by atoms with Gasteiger partial charge in [0, 0.05) is 10.0 Å². The maximum Gasteiger partial charge on any atom is 0.182 e. The summed E-state index contributed by atoms with van der Waals surface area (Å²) in [4.78, 5) is 0. The molecule has 0 fully saturated rings. The van der Waals surface area contributed by atoms with E-state index in [0.29, 0.717) is 27.2 Å². The Balaban J connectivity index is 2.29. The van der Waals surface area contributed by atoms with E-state index < -0.39 is 0 Å². The molecule has 0 radical (unpaired) electrons. The van der Waals surface area contributed by atoms with E-state index in [9.17, 15) is 0 Å². The topological polar surface area (TPSA) is 52.0 Å². The SMILES string of the molecule is Cc1noc(/C=C/c2ccc(Cl)cc2Cl)c1N. The van der Waals surface area contributed by atoms with Crippen LogP contribution in [0.3, 0.4) is 0 Å². The van der Waals surface area contributed by atoms with E-state index in [1.807, 2.05) is 6.07 Å². The highest BCUT2D eigenvalue weighted by molar-refractivity contribution is 6.35. The van der Waals surface area contributed by atoms with Crippen LogP contribution in [0.4, 0.5) is 5.69 Å². The van der Waals surface area contributed by atoms with E-state index in [2.05, 4.69) is 5.16 Å². The molecule has 0 aliphatic heterocycles. The third kappa shape index (κ3) is 2.62. The summed E-state index contributed by atoms with van der Waals surface area (Å²) in [6, 6.07) is 5.26. The maximum atomic E-state index is 6.03. The third-order valence-corrected chi connectivity index (χ3v) is 2.88. The van der Waals surface area contributed by atoms with Gasteiger partial charge in [-0.1, -0.05) is 34.4 Å². The predicted molar refractivity (Wildman–Crippen MR) is 71.0 cm³/mol. The number of nitrogens with two attached hydrogens (primary N) is 1. The smallest absolute Gasteiger partial charge is 0.182 e. The molecule has 0 saturated heterocycles. The second-order valence-electron chi connectivity index (χ2n) is 3.55. The minimum atomic E-state index is 0.522. The summed E-state index contributed by atoms with van der Waals surface area (Å²) in [7, 11) is 0. The molecule has 0 bridgehead atoms. The molecule has 5 heteroatoms. The number of rotatable bonds is 2. The molecule has 88 valence electrons. The first-order chi connectivity index (χ1) is 8.08. The van der Waals surface area contributed by atoms with Crippen LogP contribution in [0.5, 0.6) is 0 Å². The zero-order valence-electron chi connectivity index (χ0n) is 9.08. The van der Waals surface area contributed by atoms with Gasteiger partial charge in [0.05, 0.1) is 0 Å². The summed E-state index contributed by atoms with van der Waals surface area (Å²) in [5.74, 6) is 0.522. The van der Waals surface area contributed by atoms with Crippen LogP contribution in [-0.4, -0.2) is 5.16 Å². The molecule has 17 heavy (non-hydrogen) atoms. The second-order valence-corrected chi connectivity index (χ2v) is 4.39. The molecule has 1 aromatic heterocycles. The molecule has 0 atom stereocenters. The van der Waals surface area contributed by atoms with Crippen molar-refractivity contribution in [2.24, 2.45) is 0 Å². The quantitative estimate of drug-likeness (QED) is 0.894. The first kappa shape index (κ1) is 12.0. The van der Waals surface area contributed by atoms with Crippen LogP contribution < -0.4 is 5.73 Å². The molecule has 0 spiro atoms. The minimum absolute atomic E-state index is 0.522. The van der Waals surface area contributed by atoms with Crippen LogP contribution in [0.15, 0.2) is 22.7 Å². The number of hydrogen-bond acceptors (Lipinski definition) is 3. The Hall–Kier alpha value is -1.45. The number of hydrogen-bond donors (Lipinski definition) is 1. The Morgan fingerprint density at radius 2 is 2.06 bits per heavy atom. The molecule has 2 aromatic rings. The summed E-state index contributed by atoms with van der Waals surface area (Å²) in [6.07, 6.45) is 3.53. The highest BCUT2D eigenvalue weighted by Gasteiger charge is 2.05. The fraction of sp³-hybridized carbons (Fsp3) is 0.0833. The monoisotopic (exact) mass is 268 g/mol. The van der Waals surface area contributed by atoms with Crippen molar-refractivity contribution in [1.82, 2.24) is 5.16 Å². The van der Waals surface area contributed by atoms with Crippen molar-refractivity contribution in [2.75, 3.05) is 5.73 Å². The molecule has 3 nitrogen and oxygen atoms in total. The Bertz CT molecular complexity index is 576. The number of aryl methyl sites for hydroxylation is 1. The number of halogens is 2. The fourth-order valence-electron chi connectivity index (χ4n) is 1.32. The zero-order chi connectivity index (χ0) is 12.4. The molecular weight excluding hydrogens is 259 g/mol. The van der Waals surface area contributed by atoms with E-state index in [1.165, 1.54) is 0 Å². The van der Waals surface area contributed by atoms with Gasteiger partial charge in [0.15, 0.2) is 5.76 Å². The molecule has 2 N–H and O–H groups in total. The summed E-state index contributed by atoms with van der Waals surface area (Å²) in [5, 5.41) is 4.93. The lowest BCUT2D eigenvalue weighted by Gasteiger charge is -1.98. The molecule has 0 aliphatic carbocycles. The van der Waals surface area contributed by atoms with Crippen LogP contribution >= 0.6 is 23.2 Å². The third-order valence-electron chi connectivity index (χ3n) is 2.31. The molecule has 1 aromatic carbocycles. The van der Waals surface area contributed by atoms with Gasteiger partial charge in [0.1, 0.15) is 11.4 Å². The number of nitrogen functional groups attached to an aromatic ring is 1. The van der Waals surface area contributed by atoms with Crippen molar-refractivity contribution in [3.05, 3.63) is 45.3 Å². The van der Waals surface area contributed by atoms with Gasteiger partial charge < -0.3 is 10.3 Å². The van der Waals surface area contributed by atoms with Crippen LogP contribution in [0.25, 0.3) is 12.2 Å². The Kier molecular flexibility index (Phi) is 3.41. The number of nitrogens with zero attached hydrogens (tertiary/aromatic N) is 1. The number of benzene rings is 1. The first-order valence-corrected chi connectivity index (χ1v) is 5.68. The van der Waals surface area contributed by atoms with Crippen LogP contribution in [-0.2, 0) is 0 Å². The number of aromatic nitrogens is 1. The van der Waals surface area contributed by atoms with Crippen LogP contribution in [0.2, 0.25) is 10.0 Å². The lowest BCUT2D eigenvalue weighted by molar-refractivity contribution is 0.408. The van der Waals surface area contributed by atoms with Gasteiger partial charge in [0.25, 0.3) is 0 Å². The van der Waals surface area contributed by atoms with Gasteiger partial charge in [-0.3, -0.25) is 0 Å². The summed E-state index contributed by atoms with van der Waals surface area (Å²) in [6.45, 7) is 1.78. The summed E-state index contributed by atoms with van der Waals surface area (Å²) >= 11 is 11.8. The zero-order valence-corrected chi connectivity index (χ0v) is 10.6. The molecular formula is C12H10Cl2N2O. The van der Waals surface area contributed by atoms with Gasteiger partial charge in [0.2, 0.25) is 0 Å². The van der Waals surface area contributed by atoms with Crippen molar-refractivity contribution in [2.45, 2.75) is 6.92 Å². The van der Waals surface area contributed by atoms with E-state index in [1.54, 1.807) is 31.2 Å². The summed E-state index contributed by atoms with van der Waals surface area (Å²) < 4.78 is 5.05. The van der Waals surface area contributed by atoms with Gasteiger partial charge in [-0.15, -0.1) is 0 Å². The minimum Gasteiger partial charge on any atom is -0.394 e. The van der Waals surface area contributed by atoms with Crippen molar-refractivity contribution in [1.29, 1.82) is 0 Å². The lowest BCUT2D eigenvalue weighted by Crippen LogP contribution is -1.86. The van der Waals surface area contributed by atoms with Crippen molar-refractivity contribution < 1.29 is 4.52 Å². The van der Waals surface area contributed by atoms with E-state index in [4.69, 9.17) is 33.5 Å². The standard InChI is InChI=1S/C12H10Cl2N2O/c1-7-12(15)11(17-16-7)5-3-8-2-4-9(13)6-10(8)14/h2-6H,15H2,1H3/b5-3+. The average molecular weight is 269 g/mol. The van der Waals surface area contributed by atoms with Crippen LogP contribution in [0.1, 0.15) is 17.0 Å². The van der Waals surface area contributed by atoms with Crippen molar-refractivity contribution in [3.63, 3.8) is 0 Å². The van der Waals surface area contributed by atoms with Gasteiger partial charge in [-0.25, -0.2) is 0 Å². The summed E-state index contributed by atoms with van der Waals surface area (Å²) in [5.41, 5.74) is 7.81. The Morgan fingerprint density at radius 3 is 2.65 bits per heavy atom.